The molecule has 308 valence electrons. The number of anilines is 3. The van der Waals surface area contributed by atoms with Crippen molar-refractivity contribution >= 4 is 17.1 Å². The standard InChI is InChI=1S/C63H51N/c1-61(2)35-36-62(3,4)60-51(30-20-34-57(60)61)53-40-52-50-29-16-19-33-56(50)63(54-31-17-14-27-48(54)49-28-15-18-32-55(49)63)58(52)41-59(53)64(46-25-12-7-13-26-46)47-38-44(42-21-8-5-9-22-42)37-45(39-47)43-23-10-6-11-24-43/h5-34,37-41H,35-36H2,1-4H3. The highest BCUT2D eigenvalue weighted by Gasteiger charge is 2.52. The third-order valence-electron chi connectivity index (χ3n) is 14.9. The second kappa shape index (κ2) is 14.4. The van der Waals surface area contributed by atoms with Gasteiger partial charge in [0.1, 0.15) is 0 Å². The molecule has 64 heavy (non-hydrogen) atoms. The first-order valence-corrected chi connectivity index (χ1v) is 23.0. The van der Waals surface area contributed by atoms with Crippen LogP contribution in [0.25, 0.3) is 55.6 Å². The number of nitrogens with zero attached hydrogens (tertiary/aromatic N) is 1. The summed E-state index contributed by atoms with van der Waals surface area (Å²) >= 11 is 0. The molecule has 0 N–H and O–H groups in total. The Hall–Kier alpha value is -7.22. The van der Waals surface area contributed by atoms with Crippen LogP contribution < -0.4 is 4.90 Å². The van der Waals surface area contributed by atoms with Crippen LogP contribution in [0.4, 0.5) is 17.1 Å². The van der Waals surface area contributed by atoms with Gasteiger partial charge >= 0.3 is 0 Å². The lowest BCUT2D eigenvalue weighted by molar-refractivity contribution is 0.333. The quantitative estimate of drug-likeness (QED) is 0.161. The lowest BCUT2D eigenvalue weighted by atomic mass is 9.61. The van der Waals surface area contributed by atoms with Crippen molar-refractivity contribution in [2.45, 2.75) is 56.8 Å². The summed E-state index contributed by atoms with van der Waals surface area (Å²) in [5.74, 6) is 0. The van der Waals surface area contributed by atoms with Crippen molar-refractivity contribution < 1.29 is 0 Å². The normalized spacial score (nSPS) is 15.4. The smallest absolute Gasteiger partial charge is 0.0726 e. The van der Waals surface area contributed by atoms with Gasteiger partial charge in [-0.3, -0.25) is 0 Å². The number of hydrogen-bond acceptors (Lipinski definition) is 1. The van der Waals surface area contributed by atoms with E-state index < -0.39 is 5.41 Å². The van der Waals surface area contributed by atoms with Crippen LogP contribution in [0.1, 0.15) is 73.9 Å². The van der Waals surface area contributed by atoms with Gasteiger partial charge in [-0.1, -0.05) is 198 Å². The van der Waals surface area contributed by atoms with Crippen LogP contribution in [0.15, 0.2) is 212 Å². The van der Waals surface area contributed by atoms with E-state index in [2.05, 4.69) is 245 Å². The van der Waals surface area contributed by atoms with Gasteiger partial charge in [0, 0.05) is 16.9 Å². The Balaban J connectivity index is 1.24. The predicted molar refractivity (Wildman–Crippen MR) is 269 cm³/mol. The number of hydrogen-bond donors (Lipinski definition) is 0. The van der Waals surface area contributed by atoms with Gasteiger partial charge in [-0.15, -0.1) is 0 Å². The molecule has 0 radical (unpaired) electrons. The Morgan fingerprint density at radius 1 is 0.312 bits per heavy atom. The van der Waals surface area contributed by atoms with Crippen LogP contribution in [-0.4, -0.2) is 0 Å². The second-order valence-corrected chi connectivity index (χ2v) is 19.5. The molecule has 0 bridgehead atoms. The van der Waals surface area contributed by atoms with Crippen LogP contribution >= 0.6 is 0 Å². The molecule has 0 saturated heterocycles. The minimum atomic E-state index is -0.493. The molecule has 0 saturated carbocycles. The van der Waals surface area contributed by atoms with Crippen molar-refractivity contribution in [1.82, 2.24) is 0 Å². The van der Waals surface area contributed by atoms with E-state index in [-0.39, 0.29) is 10.8 Å². The van der Waals surface area contributed by atoms with Gasteiger partial charge in [0.05, 0.1) is 11.1 Å². The second-order valence-electron chi connectivity index (χ2n) is 19.5. The van der Waals surface area contributed by atoms with E-state index >= 15 is 0 Å². The first kappa shape index (κ1) is 38.5. The van der Waals surface area contributed by atoms with E-state index in [9.17, 15) is 0 Å². The van der Waals surface area contributed by atoms with E-state index in [1.807, 2.05) is 0 Å². The zero-order chi connectivity index (χ0) is 43.2. The zero-order valence-corrected chi connectivity index (χ0v) is 37.1. The number of para-hydroxylation sites is 1. The molecule has 0 heterocycles. The van der Waals surface area contributed by atoms with E-state index in [1.54, 1.807) is 0 Å². The maximum absolute atomic E-state index is 2.61. The monoisotopic (exact) mass is 821 g/mol. The molecule has 0 fully saturated rings. The Morgan fingerprint density at radius 3 is 1.33 bits per heavy atom. The highest BCUT2D eigenvalue weighted by atomic mass is 15.1. The highest BCUT2D eigenvalue weighted by Crippen LogP contribution is 2.65. The first-order valence-electron chi connectivity index (χ1n) is 23.0. The Labute approximate surface area is 378 Å². The topological polar surface area (TPSA) is 3.24 Å². The summed E-state index contributed by atoms with van der Waals surface area (Å²) in [7, 11) is 0. The van der Waals surface area contributed by atoms with Gasteiger partial charge in [-0.05, 0) is 150 Å². The number of benzene rings is 9. The zero-order valence-electron chi connectivity index (χ0n) is 37.1. The Bertz CT molecular complexity index is 3160. The molecule has 0 unspecified atom stereocenters. The summed E-state index contributed by atoms with van der Waals surface area (Å²) in [6.45, 7) is 9.83. The third kappa shape index (κ3) is 5.70. The molecule has 0 atom stereocenters. The van der Waals surface area contributed by atoms with Crippen molar-refractivity contribution in [3.05, 3.63) is 246 Å². The van der Waals surface area contributed by atoms with E-state index in [0.717, 1.165) is 24.2 Å². The van der Waals surface area contributed by atoms with E-state index in [1.165, 1.54) is 94.7 Å². The molecule has 3 aliphatic carbocycles. The third-order valence-corrected chi connectivity index (χ3v) is 14.9. The first-order chi connectivity index (χ1) is 31.2. The number of rotatable bonds is 6. The van der Waals surface area contributed by atoms with Crippen LogP contribution in [0.2, 0.25) is 0 Å². The average molecular weight is 822 g/mol. The van der Waals surface area contributed by atoms with Crippen LogP contribution in [0, 0.1) is 0 Å². The highest BCUT2D eigenvalue weighted by molar-refractivity contribution is 6.01. The molecule has 9 aromatic carbocycles. The summed E-state index contributed by atoms with van der Waals surface area (Å²) < 4.78 is 0. The summed E-state index contributed by atoms with van der Waals surface area (Å²) in [5, 5.41) is 0. The fourth-order valence-corrected chi connectivity index (χ4v) is 11.8. The molecule has 1 heteroatoms. The molecular weight excluding hydrogens is 771 g/mol. The molecule has 9 aromatic rings. The molecular formula is C63H51N. The van der Waals surface area contributed by atoms with Crippen molar-refractivity contribution in [3.8, 4) is 55.6 Å². The van der Waals surface area contributed by atoms with Crippen LogP contribution in [0.5, 0.6) is 0 Å². The summed E-state index contributed by atoms with van der Waals surface area (Å²) in [6, 6.07) is 79.9. The van der Waals surface area contributed by atoms with Crippen molar-refractivity contribution in [1.29, 1.82) is 0 Å². The van der Waals surface area contributed by atoms with Gasteiger partial charge in [-0.25, -0.2) is 0 Å². The summed E-state index contributed by atoms with van der Waals surface area (Å²) in [6.07, 6.45) is 2.29. The fourth-order valence-electron chi connectivity index (χ4n) is 11.8. The van der Waals surface area contributed by atoms with Gasteiger partial charge < -0.3 is 4.90 Å². The van der Waals surface area contributed by atoms with Crippen LogP contribution in [0.3, 0.4) is 0 Å². The summed E-state index contributed by atoms with van der Waals surface area (Å²) in [4.78, 5) is 2.57. The van der Waals surface area contributed by atoms with Gasteiger partial charge in [0.2, 0.25) is 0 Å². The van der Waals surface area contributed by atoms with E-state index in [0.29, 0.717) is 0 Å². The molecule has 12 rings (SSSR count). The van der Waals surface area contributed by atoms with Crippen molar-refractivity contribution in [2.24, 2.45) is 0 Å². The number of fused-ring (bicyclic) bond motifs is 11. The molecule has 0 aromatic heterocycles. The molecule has 1 spiro atoms. The predicted octanol–water partition coefficient (Wildman–Crippen LogP) is 16.8. The Kier molecular flexibility index (Phi) is 8.66. The minimum absolute atomic E-state index is 0.0223. The molecule has 1 nitrogen and oxygen atoms in total. The lowest BCUT2D eigenvalue weighted by Gasteiger charge is -2.43. The maximum Gasteiger partial charge on any atom is 0.0726 e. The lowest BCUT2D eigenvalue weighted by Crippen LogP contribution is -2.34. The van der Waals surface area contributed by atoms with E-state index in [4.69, 9.17) is 0 Å². The van der Waals surface area contributed by atoms with Crippen LogP contribution in [-0.2, 0) is 16.2 Å². The molecule has 0 aliphatic heterocycles. The average Bonchev–Trinajstić information content (AvgIpc) is 3.80. The van der Waals surface area contributed by atoms with Gasteiger partial charge in [0.15, 0.2) is 0 Å². The van der Waals surface area contributed by atoms with Crippen molar-refractivity contribution in [3.63, 3.8) is 0 Å². The largest absolute Gasteiger partial charge is 0.310 e. The van der Waals surface area contributed by atoms with Gasteiger partial charge in [0.25, 0.3) is 0 Å². The SMILES string of the molecule is CC1(C)CCC(C)(C)c2c(-c3cc4c(cc3N(c3ccccc3)c3cc(-c5ccccc5)cc(-c5ccccc5)c3)C3(c5ccccc5-c5ccccc53)c3ccccc3-4)cccc21. The molecule has 0 amide bonds. The molecule has 3 aliphatic rings. The maximum atomic E-state index is 2.61. The van der Waals surface area contributed by atoms with Gasteiger partial charge in [-0.2, -0.15) is 0 Å². The minimum Gasteiger partial charge on any atom is -0.310 e. The Morgan fingerprint density at radius 2 is 0.766 bits per heavy atom. The van der Waals surface area contributed by atoms with Crippen molar-refractivity contribution in [2.75, 3.05) is 4.90 Å². The summed E-state index contributed by atoms with van der Waals surface area (Å²) in [5.41, 5.74) is 23.9. The fraction of sp³-hybridized carbons (Fsp3) is 0.143.